The van der Waals surface area contributed by atoms with Crippen LogP contribution in [-0.2, 0) is 11.3 Å². The Bertz CT molecular complexity index is 703. The number of likely N-dealkylation sites (tertiary alicyclic amines) is 1. The minimum atomic E-state index is -0.161. The number of rotatable bonds is 6. The molecule has 0 unspecified atom stereocenters. The van der Waals surface area contributed by atoms with Crippen LogP contribution in [0.2, 0.25) is 0 Å². The van der Waals surface area contributed by atoms with Crippen LogP contribution in [-0.4, -0.2) is 47.8 Å². The van der Waals surface area contributed by atoms with Crippen molar-refractivity contribution < 1.29 is 14.3 Å². The summed E-state index contributed by atoms with van der Waals surface area (Å²) < 4.78 is 10.2. The summed E-state index contributed by atoms with van der Waals surface area (Å²) in [7, 11) is 3.18. The minimum Gasteiger partial charge on any atom is -0.497 e. The second-order valence-corrected chi connectivity index (χ2v) is 5.91. The Labute approximate surface area is 147 Å². The number of carbonyl (C=O) groups excluding carboxylic acids is 1. The molecule has 0 bridgehead atoms. The highest BCUT2D eigenvalue weighted by Gasteiger charge is 2.31. The summed E-state index contributed by atoms with van der Waals surface area (Å²) in [5.41, 5.74) is 1.59. The second kappa shape index (κ2) is 7.94. The molecule has 132 valence electrons. The predicted molar refractivity (Wildman–Crippen MR) is 93.6 cm³/mol. The van der Waals surface area contributed by atoms with E-state index in [0.717, 1.165) is 36.5 Å². The molecule has 0 radical (unpaired) electrons. The molecule has 2 aromatic rings. The van der Waals surface area contributed by atoms with Crippen LogP contribution < -0.4 is 14.8 Å². The average Bonchev–Trinajstić information content (AvgIpc) is 3.11. The van der Waals surface area contributed by atoms with Gasteiger partial charge in [0.05, 0.1) is 26.0 Å². The van der Waals surface area contributed by atoms with Crippen molar-refractivity contribution in [3.8, 4) is 11.6 Å². The zero-order chi connectivity index (χ0) is 17.6. The number of aromatic nitrogens is 2. The van der Waals surface area contributed by atoms with Crippen LogP contribution in [0.1, 0.15) is 18.5 Å². The molecule has 1 atom stereocenters. The third kappa shape index (κ3) is 4.24. The summed E-state index contributed by atoms with van der Waals surface area (Å²) >= 11 is 0. The number of hydrogen-bond acceptors (Lipinski definition) is 6. The quantitative estimate of drug-likeness (QED) is 0.866. The number of ether oxygens (including phenoxy) is 2. The number of nitrogens with one attached hydrogen (secondary N) is 1. The van der Waals surface area contributed by atoms with Crippen molar-refractivity contribution in [2.24, 2.45) is 0 Å². The van der Waals surface area contributed by atoms with Gasteiger partial charge < -0.3 is 14.8 Å². The van der Waals surface area contributed by atoms with Crippen molar-refractivity contribution in [1.82, 2.24) is 15.1 Å². The molecule has 1 N–H and O–H groups in total. The van der Waals surface area contributed by atoms with Crippen molar-refractivity contribution >= 4 is 11.6 Å². The topological polar surface area (TPSA) is 76.6 Å². The number of benzene rings is 1. The number of nitrogens with zero attached hydrogens (tertiary/aromatic N) is 3. The van der Waals surface area contributed by atoms with E-state index in [4.69, 9.17) is 9.47 Å². The molecule has 1 aromatic heterocycles. The van der Waals surface area contributed by atoms with Gasteiger partial charge in [0.1, 0.15) is 5.75 Å². The van der Waals surface area contributed by atoms with Gasteiger partial charge in [-0.25, -0.2) is 0 Å². The predicted octanol–water partition coefficient (Wildman–Crippen LogP) is 2.10. The largest absolute Gasteiger partial charge is 0.497 e. The summed E-state index contributed by atoms with van der Waals surface area (Å²) in [6, 6.07) is 10.8. The fourth-order valence-corrected chi connectivity index (χ4v) is 2.96. The molecule has 1 aliphatic rings. The molecule has 0 saturated carbocycles. The van der Waals surface area contributed by atoms with Crippen LogP contribution in [0.15, 0.2) is 36.4 Å². The van der Waals surface area contributed by atoms with Crippen molar-refractivity contribution in [3.05, 3.63) is 42.1 Å². The normalized spacial score (nSPS) is 17.3. The highest BCUT2D eigenvalue weighted by Crippen LogP contribution is 2.22. The van der Waals surface area contributed by atoms with E-state index in [-0.39, 0.29) is 11.9 Å². The van der Waals surface area contributed by atoms with Gasteiger partial charge in [0.2, 0.25) is 11.8 Å². The summed E-state index contributed by atoms with van der Waals surface area (Å²) in [6.07, 6.45) is 1.83. The maximum atomic E-state index is 12.6. The van der Waals surface area contributed by atoms with Crippen molar-refractivity contribution in [2.45, 2.75) is 25.4 Å². The number of carbonyl (C=O) groups is 1. The van der Waals surface area contributed by atoms with Gasteiger partial charge >= 0.3 is 0 Å². The van der Waals surface area contributed by atoms with Gasteiger partial charge in [0, 0.05) is 18.3 Å². The van der Waals surface area contributed by atoms with Crippen molar-refractivity contribution in [1.29, 1.82) is 0 Å². The van der Waals surface area contributed by atoms with Gasteiger partial charge in [-0.2, -0.15) is 5.10 Å². The van der Waals surface area contributed by atoms with Crippen molar-refractivity contribution in [2.75, 3.05) is 26.1 Å². The molecular weight excluding hydrogens is 320 g/mol. The third-order valence-corrected chi connectivity index (χ3v) is 4.29. The van der Waals surface area contributed by atoms with Gasteiger partial charge in [-0.15, -0.1) is 5.10 Å². The first-order valence-electron chi connectivity index (χ1n) is 8.25. The number of amides is 1. The molecule has 1 aromatic carbocycles. The van der Waals surface area contributed by atoms with Crippen LogP contribution in [0.3, 0.4) is 0 Å². The van der Waals surface area contributed by atoms with E-state index in [9.17, 15) is 4.79 Å². The summed E-state index contributed by atoms with van der Waals surface area (Å²) in [6.45, 7) is 1.46. The van der Waals surface area contributed by atoms with Crippen LogP contribution in [0.4, 0.5) is 5.69 Å². The Hall–Kier alpha value is -2.67. The molecule has 25 heavy (non-hydrogen) atoms. The fourth-order valence-electron chi connectivity index (χ4n) is 2.96. The minimum absolute atomic E-state index is 0.00383. The maximum Gasteiger partial charge on any atom is 0.241 e. The Morgan fingerprint density at radius 3 is 2.60 bits per heavy atom. The van der Waals surface area contributed by atoms with E-state index in [1.807, 2.05) is 30.3 Å². The van der Waals surface area contributed by atoms with Gasteiger partial charge in [-0.3, -0.25) is 9.69 Å². The Balaban J connectivity index is 1.62. The van der Waals surface area contributed by atoms with E-state index < -0.39 is 0 Å². The molecule has 0 aliphatic carbocycles. The van der Waals surface area contributed by atoms with Crippen LogP contribution in [0.25, 0.3) is 0 Å². The van der Waals surface area contributed by atoms with Crippen LogP contribution in [0, 0.1) is 0 Å². The van der Waals surface area contributed by atoms with Gasteiger partial charge in [0.15, 0.2) is 0 Å². The summed E-state index contributed by atoms with van der Waals surface area (Å²) in [4.78, 5) is 14.8. The zero-order valence-electron chi connectivity index (χ0n) is 14.4. The molecule has 7 heteroatoms. The summed E-state index contributed by atoms with van der Waals surface area (Å²) in [5.74, 6) is 1.25. The zero-order valence-corrected chi connectivity index (χ0v) is 14.4. The molecule has 1 amide bonds. The molecule has 3 rings (SSSR count). The molecule has 2 heterocycles. The molecule has 7 nitrogen and oxygen atoms in total. The molecule has 1 fully saturated rings. The third-order valence-electron chi connectivity index (χ3n) is 4.29. The van der Waals surface area contributed by atoms with Gasteiger partial charge in [-0.05, 0) is 49.7 Å². The Morgan fingerprint density at radius 2 is 1.96 bits per heavy atom. The smallest absolute Gasteiger partial charge is 0.241 e. The molecular formula is C18H22N4O3. The first-order chi connectivity index (χ1) is 12.2. The van der Waals surface area contributed by atoms with Crippen molar-refractivity contribution in [3.63, 3.8) is 0 Å². The SMILES string of the molecule is COc1ccc(NC(=O)[C@H]2CCCN2Cc2ccc(OC)nn2)cc1. The number of methoxy groups -OCH3 is 2. The summed E-state index contributed by atoms with van der Waals surface area (Å²) in [5, 5.41) is 11.1. The number of hydrogen-bond donors (Lipinski definition) is 1. The second-order valence-electron chi connectivity index (χ2n) is 5.91. The maximum absolute atomic E-state index is 12.6. The van der Waals surface area contributed by atoms with E-state index >= 15 is 0 Å². The lowest BCUT2D eigenvalue weighted by atomic mass is 10.2. The van der Waals surface area contributed by atoms with Gasteiger partial charge in [-0.1, -0.05) is 0 Å². The van der Waals surface area contributed by atoms with E-state index in [1.165, 1.54) is 0 Å². The fraction of sp³-hybridized carbons (Fsp3) is 0.389. The van der Waals surface area contributed by atoms with Gasteiger partial charge in [0.25, 0.3) is 0 Å². The first kappa shape index (κ1) is 17.2. The Kier molecular flexibility index (Phi) is 5.45. The van der Waals surface area contributed by atoms with Crippen LogP contribution in [0.5, 0.6) is 11.6 Å². The highest BCUT2D eigenvalue weighted by atomic mass is 16.5. The van der Waals surface area contributed by atoms with Crippen LogP contribution >= 0.6 is 0 Å². The lowest BCUT2D eigenvalue weighted by Crippen LogP contribution is -2.39. The molecule has 1 aliphatic heterocycles. The van der Waals surface area contributed by atoms with E-state index in [1.54, 1.807) is 20.3 Å². The monoisotopic (exact) mass is 342 g/mol. The lowest BCUT2D eigenvalue weighted by Gasteiger charge is -2.23. The van der Waals surface area contributed by atoms with E-state index in [0.29, 0.717) is 12.4 Å². The molecule has 1 saturated heterocycles. The molecule has 0 spiro atoms. The number of anilines is 1. The lowest BCUT2D eigenvalue weighted by molar-refractivity contribution is -0.120. The Morgan fingerprint density at radius 1 is 1.16 bits per heavy atom. The standard InChI is InChI=1S/C18H22N4O3/c1-24-15-8-5-13(6-9-15)19-18(23)16-4-3-11-22(16)12-14-7-10-17(25-2)21-20-14/h5-10,16H,3-4,11-12H2,1-2H3,(H,19,23)/t16-/m1/s1. The highest BCUT2D eigenvalue weighted by molar-refractivity contribution is 5.95. The average molecular weight is 342 g/mol. The first-order valence-corrected chi connectivity index (χ1v) is 8.25. The van der Waals surface area contributed by atoms with E-state index in [2.05, 4.69) is 20.4 Å².